The van der Waals surface area contributed by atoms with E-state index < -0.39 is 5.66 Å². The van der Waals surface area contributed by atoms with Crippen LogP contribution in [0.15, 0.2) is 22.4 Å². The van der Waals surface area contributed by atoms with Gasteiger partial charge in [-0.1, -0.05) is 18.0 Å². The quantitative estimate of drug-likeness (QED) is 0.872. The molecule has 1 aliphatic carbocycles. The fraction of sp³-hybridized carbons (Fsp3) is 0.400. The largest absolute Gasteiger partial charge is 0.327 e. The third kappa shape index (κ3) is 2.26. The summed E-state index contributed by atoms with van der Waals surface area (Å²) >= 11 is 7.70. The zero-order chi connectivity index (χ0) is 16.0. The lowest BCUT2D eigenvalue weighted by Crippen LogP contribution is -2.48. The van der Waals surface area contributed by atoms with E-state index in [1.165, 1.54) is 17.4 Å². The Labute approximate surface area is 141 Å². The maximum absolute atomic E-state index is 13.0. The molecule has 8 heteroatoms. The van der Waals surface area contributed by atoms with Gasteiger partial charge in [0, 0.05) is 11.6 Å². The molecule has 1 aliphatic heterocycles. The minimum Gasteiger partial charge on any atom is -0.327 e. The summed E-state index contributed by atoms with van der Waals surface area (Å²) in [6.07, 6.45) is 6.24. The second-order valence-corrected chi connectivity index (χ2v) is 7.21. The van der Waals surface area contributed by atoms with Gasteiger partial charge in [0.05, 0.1) is 5.02 Å². The standard InChI is InChI=1S/C15H15ClN4O2S/c16-9-8-10(18-14-17-6-7-23-14)13(22)20-11(9)12(21)19-15(20)4-2-1-3-5-15/h6-8H,1-5H2,(H,17,18)(H,19,21). The highest BCUT2D eigenvalue weighted by Gasteiger charge is 2.45. The first kappa shape index (κ1) is 14.7. The molecule has 1 fully saturated rings. The number of thiazole rings is 1. The lowest BCUT2D eigenvalue weighted by molar-refractivity contribution is 0.0877. The number of carbonyl (C=O) groups excluding carboxylic acids is 1. The smallest absolute Gasteiger partial charge is 0.276 e. The number of halogens is 1. The fourth-order valence-electron chi connectivity index (χ4n) is 3.51. The van der Waals surface area contributed by atoms with Crippen molar-refractivity contribution in [2.24, 2.45) is 0 Å². The van der Waals surface area contributed by atoms with Gasteiger partial charge in [0.1, 0.15) is 17.0 Å². The van der Waals surface area contributed by atoms with E-state index in [9.17, 15) is 9.59 Å². The van der Waals surface area contributed by atoms with Crippen molar-refractivity contribution in [2.45, 2.75) is 37.8 Å². The average Bonchev–Trinajstić information content (AvgIpc) is 3.12. The van der Waals surface area contributed by atoms with Gasteiger partial charge >= 0.3 is 0 Å². The molecule has 6 nitrogen and oxygen atoms in total. The van der Waals surface area contributed by atoms with E-state index in [4.69, 9.17) is 11.6 Å². The Balaban J connectivity index is 1.87. The molecule has 2 aliphatic rings. The Morgan fingerprint density at radius 3 is 2.78 bits per heavy atom. The van der Waals surface area contributed by atoms with Crippen LogP contribution in [0.3, 0.4) is 0 Å². The summed E-state index contributed by atoms with van der Waals surface area (Å²) < 4.78 is 1.56. The highest BCUT2D eigenvalue weighted by atomic mass is 35.5. The minimum absolute atomic E-state index is 0.236. The normalized spacial score (nSPS) is 18.7. The summed E-state index contributed by atoms with van der Waals surface area (Å²) in [6, 6.07) is 1.51. The lowest BCUT2D eigenvalue weighted by atomic mass is 9.89. The number of hydrogen-bond acceptors (Lipinski definition) is 5. The summed E-state index contributed by atoms with van der Waals surface area (Å²) in [6.45, 7) is 0. The van der Waals surface area contributed by atoms with E-state index in [0.29, 0.717) is 10.8 Å². The van der Waals surface area contributed by atoms with Gasteiger partial charge in [0.2, 0.25) is 0 Å². The van der Waals surface area contributed by atoms with E-state index >= 15 is 0 Å². The number of nitrogens with zero attached hydrogens (tertiary/aromatic N) is 2. The van der Waals surface area contributed by atoms with Crippen molar-refractivity contribution in [2.75, 3.05) is 5.32 Å². The number of nitrogens with one attached hydrogen (secondary N) is 2. The average molecular weight is 351 g/mol. The summed E-state index contributed by atoms with van der Waals surface area (Å²) in [4.78, 5) is 29.5. The molecular weight excluding hydrogens is 336 g/mol. The van der Waals surface area contributed by atoms with Crippen LogP contribution < -0.4 is 16.2 Å². The van der Waals surface area contributed by atoms with Crippen molar-refractivity contribution in [1.82, 2.24) is 14.9 Å². The molecule has 1 spiro atoms. The van der Waals surface area contributed by atoms with Crippen molar-refractivity contribution >= 4 is 39.7 Å². The Morgan fingerprint density at radius 2 is 2.09 bits per heavy atom. The number of pyridine rings is 1. The van der Waals surface area contributed by atoms with Crippen molar-refractivity contribution in [3.05, 3.63) is 38.7 Å². The van der Waals surface area contributed by atoms with Gasteiger partial charge in [-0.25, -0.2) is 4.98 Å². The SMILES string of the molecule is O=C1NC2(CCCCC2)n2c1c(Cl)cc(Nc1nccs1)c2=O. The summed E-state index contributed by atoms with van der Waals surface area (Å²) in [5.41, 5.74) is -0.260. The highest BCUT2D eigenvalue weighted by molar-refractivity contribution is 7.13. The number of fused-ring (bicyclic) bond motifs is 2. The first-order valence-corrected chi connectivity index (χ1v) is 8.82. The molecule has 0 aromatic carbocycles. The van der Waals surface area contributed by atoms with Gasteiger partial charge < -0.3 is 10.6 Å². The van der Waals surface area contributed by atoms with Crippen LogP contribution >= 0.6 is 22.9 Å². The molecule has 0 radical (unpaired) electrons. The lowest BCUT2D eigenvalue weighted by Gasteiger charge is -2.35. The molecule has 4 rings (SSSR count). The molecule has 3 heterocycles. The zero-order valence-electron chi connectivity index (χ0n) is 12.3. The van der Waals surface area contributed by atoms with Crippen LogP contribution in [-0.2, 0) is 5.66 Å². The molecule has 1 saturated carbocycles. The Bertz CT molecular complexity index is 825. The summed E-state index contributed by atoms with van der Waals surface area (Å²) in [5.74, 6) is -0.269. The predicted octanol–water partition coefficient (Wildman–Crippen LogP) is 3.06. The van der Waals surface area contributed by atoms with Crippen LogP contribution in [0.2, 0.25) is 5.02 Å². The van der Waals surface area contributed by atoms with Crippen LogP contribution in [0.4, 0.5) is 10.8 Å². The Kier molecular flexibility index (Phi) is 3.42. The molecular formula is C15H15ClN4O2S. The third-order valence-electron chi connectivity index (χ3n) is 4.50. The number of anilines is 2. The summed E-state index contributed by atoms with van der Waals surface area (Å²) in [7, 11) is 0. The Hall–Kier alpha value is -1.86. The van der Waals surface area contributed by atoms with Crippen molar-refractivity contribution in [1.29, 1.82) is 0 Å². The number of amides is 1. The van der Waals surface area contributed by atoms with Crippen LogP contribution in [0.1, 0.15) is 42.6 Å². The topological polar surface area (TPSA) is 76.0 Å². The summed E-state index contributed by atoms with van der Waals surface area (Å²) in [5, 5.41) is 8.73. The highest BCUT2D eigenvalue weighted by Crippen LogP contribution is 2.38. The van der Waals surface area contributed by atoms with Gasteiger partial charge in [-0.15, -0.1) is 11.3 Å². The molecule has 0 atom stereocenters. The monoisotopic (exact) mass is 350 g/mol. The Morgan fingerprint density at radius 1 is 1.30 bits per heavy atom. The molecule has 23 heavy (non-hydrogen) atoms. The number of rotatable bonds is 2. The molecule has 0 saturated heterocycles. The second kappa shape index (κ2) is 5.35. The van der Waals surface area contributed by atoms with Gasteiger partial charge in [0.15, 0.2) is 5.13 Å². The van der Waals surface area contributed by atoms with Crippen molar-refractivity contribution in [3.63, 3.8) is 0 Å². The van der Waals surface area contributed by atoms with Gasteiger partial charge in [-0.3, -0.25) is 14.2 Å². The third-order valence-corrected chi connectivity index (χ3v) is 5.47. The first-order chi connectivity index (χ1) is 11.1. The van der Waals surface area contributed by atoms with Crippen molar-refractivity contribution < 1.29 is 4.79 Å². The number of aromatic nitrogens is 2. The van der Waals surface area contributed by atoms with Crippen LogP contribution in [0.25, 0.3) is 0 Å². The maximum Gasteiger partial charge on any atom is 0.276 e. The van der Waals surface area contributed by atoms with Crippen LogP contribution in [0, 0.1) is 0 Å². The van der Waals surface area contributed by atoms with Crippen molar-refractivity contribution in [3.8, 4) is 0 Å². The molecule has 0 bridgehead atoms. The van der Waals surface area contributed by atoms with Crippen LogP contribution in [-0.4, -0.2) is 15.5 Å². The van der Waals surface area contributed by atoms with Gasteiger partial charge in [0.25, 0.3) is 11.5 Å². The van der Waals surface area contributed by atoms with E-state index in [-0.39, 0.29) is 22.2 Å². The first-order valence-electron chi connectivity index (χ1n) is 7.56. The molecule has 1 amide bonds. The van der Waals surface area contributed by atoms with Gasteiger partial charge in [-0.05, 0) is 31.7 Å². The minimum atomic E-state index is -0.633. The van der Waals surface area contributed by atoms with E-state index in [1.807, 2.05) is 5.38 Å². The molecule has 0 unspecified atom stereocenters. The molecule has 2 N–H and O–H groups in total. The molecule has 2 aromatic rings. The predicted molar refractivity (Wildman–Crippen MR) is 89.6 cm³/mol. The van der Waals surface area contributed by atoms with Crippen LogP contribution in [0.5, 0.6) is 0 Å². The molecule has 120 valence electrons. The number of hydrogen-bond donors (Lipinski definition) is 2. The zero-order valence-corrected chi connectivity index (χ0v) is 13.8. The van der Waals surface area contributed by atoms with E-state index in [0.717, 1.165) is 32.1 Å². The van der Waals surface area contributed by atoms with E-state index in [2.05, 4.69) is 15.6 Å². The fourth-order valence-corrected chi connectivity index (χ4v) is 4.33. The second-order valence-electron chi connectivity index (χ2n) is 5.90. The number of carbonyl (C=O) groups is 1. The van der Waals surface area contributed by atoms with E-state index in [1.54, 1.807) is 10.8 Å². The molecule has 2 aromatic heterocycles. The maximum atomic E-state index is 13.0. The van der Waals surface area contributed by atoms with Gasteiger partial charge in [-0.2, -0.15) is 0 Å².